The Morgan fingerprint density at radius 3 is 2.28 bits per heavy atom. The molecule has 0 saturated heterocycles. The number of benzene rings is 2. The summed E-state index contributed by atoms with van der Waals surface area (Å²) in [7, 11) is 4.67. The zero-order chi connectivity index (χ0) is 17.8. The van der Waals surface area contributed by atoms with E-state index in [0.717, 1.165) is 0 Å². The molecular formula is C18H17N3O4. The summed E-state index contributed by atoms with van der Waals surface area (Å²) >= 11 is 0. The van der Waals surface area contributed by atoms with Crippen LogP contribution >= 0.6 is 0 Å². The summed E-state index contributed by atoms with van der Waals surface area (Å²) in [6.45, 7) is 0. The number of carbonyl (C=O) groups excluding carboxylic acids is 1. The van der Waals surface area contributed by atoms with Crippen LogP contribution in [0.25, 0.3) is 10.9 Å². The van der Waals surface area contributed by atoms with Gasteiger partial charge in [0.1, 0.15) is 5.75 Å². The number of amides is 1. The van der Waals surface area contributed by atoms with E-state index in [2.05, 4.69) is 15.5 Å². The molecule has 0 unspecified atom stereocenters. The summed E-state index contributed by atoms with van der Waals surface area (Å²) in [6.07, 6.45) is 1.50. The number of aromatic nitrogens is 2. The Labute approximate surface area is 144 Å². The summed E-state index contributed by atoms with van der Waals surface area (Å²) in [4.78, 5) is 12.5. The first-order chi connectivity index (χ1) is 12.2. The molecule has 25 heavy (non-hydrogen) atoms. The summed E-state index contributed by atoms with van der Waals surface area (Å²) in [5, 5.41) is 11.6. The zero-order valence-electron chi connectivity index (χ0n) is 14.1. The average Bonchev–Trinajstić information content (AvgIpc) is 2.67. The van der Waals surface area contributed by atoms with Crippen LogP contribution < -0.4 is 19.5 Å². The maximum Gasteiger partial charge on any atom is 0.255 e. The minimum absolute atomic E-state index is 0.258. The molecule has 128 valence electrons. The lowest BCUT2D eigenvalue weighted by molar-refractivity contribution is 0.102. The van der Waals surface area contributed by atoms with Crippen LogP contribution in [0.5, 0.6) is 17.2 Å². The van der Waals surface area contributed by atoms with Crippen LogP contribution in [0.2, 0.25) is 0 Å². The standard InChI is InChI=1S/C18H17N3O4/c1-23-12-6-4-11(5-7-12)18(22)20-15-10-19-21-14-9-17(25-3)16(24-2)8-13(14)15/h4-10H,1-3H3,(H,20,21,22). The molecule has 7 nitrogen and oxygen atoms in total. The van der Waals surface area contributed by atoms with E-state index in [9.17, 15) is 4.79 Å². The van der Waals surface area contributed by atoms with Crippen LogP contribution in [-0.4, -0.2) is 37.4 Å². The minimum Gasteiger partial charge on any atom is -0.497 e. The molecule has 0 spiro atoms. The molecule has 1 amide bonds. The van der Waals surface area contributed by atoms with Crippen LogP contribution in [-0.2, 0) is 0 Å². The number of carbonyl (C=O) groups is 1. The number of nitrogens with zero attached hydrogens (tertiary/aromatic N) is 2. The number of fused-ring (bicyclic) bond motifs is 1. The fourth-order valence-corrected chi connectivity index (χ4v) is 2.42. The molecule has 0 saturated carbocycles. The van der Waals surface area contributed by atoms with Gasteiger partial charge in [0.25, 0.3) is 5.91 Å². The smallest absolute Gasteiger partial charge is 0.255 e. The summed E-state index contributed by atoms with van der Waals surface area (Å²) < 4.78 is 15.7. The molecule has 1 aromatic heterocycles. The van der Waals surface area contributed by atoms with Crippen molar-refractivity contribution in [3.63, 3.8) is 0 Å². The topological polar surface area (TPSA) is 82.6 Å². The van der Waals surface area contributed by atoms with Crippen molar-refractivity contribution in [1.82, 2.24) is 10.2 Å². The lowest BCUT2D eigenvalue weighted by Crippen LogP contribution is -2.12. The van der Waals surface area contributed by atoms with Gasteiger partial charge in [0, 0.05) is 17.0 Å². The number of anilines is 1. The van der Waals surface area contributed by atoms with E-state index in [1.165, 1.54) is 6.20 Å². The van der Waals surface area contributed by atoms with Gasteiger partial charge in [-0.1, -0.05) is 0 Å². The first kappa shape index (κ1) is 16.5. The van der Waals surface area contributed by atoms with Gasteiger partial charge in [-0.3, -0.25) is 4.79 Å². The van der Waals surface area contributed by atoms with E-state index < -0.39 is 0 Å². The maximum absolute atomic E-state index is 12.5. The molecule has 0 fully saturated rings. The van der Waals surface area contributed by atoms with Crippen LogP contribution in [0.15, 0.2) is 42.6 Å². The van der Waals surface area contributed by atoms with Gasteiger partial charge in [-0.2, -0.15) is 10.2 Å². The Kier molecular flexibility index (Phi) is 4.65. The van der Waals surface area contributed by atoms with Crippen LogP contribution in [0.4, 0.5) is 5.69 Å². The van der Waals surface area contributed by atoms with Gasteiger partial charge in [-0.05, 0) is 30.3 Å². The van der Waals surface area contributed by atoms with Crippen LogP contribution in [0, 0.1) is 0 Å². The molecule has 1 heterocycles. The number of ether oxygens (including phenoxy) is 3. The largest absolute Gasteiger partial charge is 0.497 e. The van der Waals surface area contributed by atoms with Crippen molar-refractivity contribution in [1.29, 1.82) is 0 Å². The van der Waals surface area contributed by atoms with Gasteiger partial charge < -0.3 is 19.5 Å². The number of nitrogens with one attached hydrogen (secondary N) is 1. The number of methoxy groups -OCH3 is 3. The van der Waals surface area contributed by atoms with Gasteiger partial charge >= 0.3 is 0 Å². The third-order valence-corrected chi connectivity index (χ3v) is 3.74. The van der Waals surface area contributed by atoms with Gasteiger partial charge in [-0.25, -0.2) is 0 Å². The fourth-order valence-electron chi connectivity index (χ4n) is 2.42. The molecule has 3 rings (SSSR count). The third kappa shape index (κ3) is 3.30. The van der Waals surface area contributed by atoms with E-state index >= 15 is 0 Å². The second kappa shape index (κ2) is 7.04. The molecule has 0 aliphatic carbocycles. The summed E-state index contributed by atoms with van der Waals surface area (Å²) in [5.74, 6) is 1.52. The monoisotopic (exact) mass is 339 g/mol. The number of hydrogen-bond donors (Lipinski definition) is 1. The van der Waals surface area contributed by atoms with Gasteiger partial charge in [0.15, 0.2) is 11.5 Å². The Hall–Kier alpha value is -3.35. The van der Waals surface area contributed by atoms with Crippen molar-refractivity contribution in [2.24, 2.45) is 0 Å². The van der Waals surface area contributed by atoms with Crippen molar-refractivity contribution in [2.45, 2.75) is 0 Å². The first-order valence-electron chi connectivity index (χ1n) is 7.49. The summed E-state index contributed by atoms with van der Waals surface area (Å²) in [6, 6.07) is 10.3. The maximum atomic E-state index is 12.5. The molecule has 0 bridgehead atoms. The van der Waals surface area contributed by atoms with E-state index in [0.29, 0.717) is 39.4 Å². The molecule has 0 atom stereocenters. The molecule has 0 aliphatic heterocycles. The van der Waals surface area contributed by atoms with Gasteiger partial charge in [-0.15, -0.1) is 0 Å². The molecular weight excluding hydrogens is 322 g/mol. The highest BCUT2D eigenvalue weighted by Gasteiger charge is 2.13. The quantitative estimate of drug-likeness (QED) is 0.769. The van der Waals surface area contributed by atoms with Crippen molar-refractivity contribution >= 4 is 22.5 Å². The van der Waals surface area contributed by atoms with Crippen molar-refractivity contribution in [2.75, 3.05) is 26.6 Å². The van der Waals surface area contributed by atoms with Crippen molar-refractivity contribution in [3.8, 4) is 17.2 Å². The second-order valence-corrected chi connectivity index (χ2v) is 5.17. The second-order valence-electron chi connectivity index (χ2n) is 5.17. The Balaban J connectivity index is 1.96. The lowest BCUT2D eigenvalue weighted by Gasteiger charge is -2.12. The minimum atomic E-state index is -0.258. The van der Waals surface area contributed by atoms with Gasteiger partial charge in [0.05, 0.1) is 38.7 Å². The Morgan fingerprint density at radius 1 is 0.960 bits per heavy atom. The molecule has 0 radical (unpaired) electrons. The van der Waals surface area contributed by atoms with Crippen molar-refractivity contribution < 1.29 is 19.0 Å². The number of hydrogen-bond acceptors (Lipinski definition) is 6. The molecule has 1 N–H and O–H groups in total. The van der Waals surface area contributed by atoms with Crippen LogP contribution in [0.3, 0.4) is 0 Å². The SMILES string of the molecule is COc1ccc(C(=O)Nc2cnnc3cc(OC)c(OC)cc23)cc1. The highest BCUT2D eigenvalue weighted by Crippen LogP contribution is 2.34. The molecule has 7 heteroatoms. The highest BCUT2D eigenvalue weighted by molar-refractivity contribution is 6.08. The van der Waals surface area contributed by atoms with E-state index in [1.807, 2.05) is 0 Å². The first-order valence-corrected chi connectivity index (χ1v) is 7.49. The Morgan fingerprint density at radius 2 is 1.64 bits per heavy atom. The zero-order valence-corrected chi connectivity index (χ0v) is 14.1. The Bertz CT molecular complexity index is 910. The predicted molar refractivity (Wildman–Crippen MR) is 93.6 cm³/mol. The third-order valence-electron chi connectivity index (χ3n) is 3.74. The van der Waals surface area contributed by atoms with Crippen LogP contribution in [0.1, 0.15) is 10.4 Å². The van der Waals surface area contributed by atoms with E-state index in [4.69, 9.17) is 14.2 Å². The lowest BCUT2D eigenvalue weighted by atomic mass is 10.1. The normalized spacial score (nSPS) is 10.4. The molecule has 0 aliphatic rings. The fraction of sp³-hybridized carbons (Fsp3) is 0.167. The van der Waals surface area contributed by atoms with Gasteiger partial charge in [0.2, 0.25) is 0 Å². The highest BCUT2D eigenvalue weighted by atomic mass is 16.5. The molecule has 2 aromatic carbocycles. The number of rotatable bonds is 5. The summed E-state index contributed by atoms with van der Waals surface area (Å²) in [5.41, 5.74) is 1.63. The van der Waals surface area contributed by atoms with E-state index in [-0.39, 0.29) is 5.91 Å². The molecule has 3 aromatic rings. The average molecular weight is 339 g/mol. The van der Waals surface area contributed by atoms with E-state index in [1.54, 1.807) is 57.7 Å². The predicted octanol–water partition coefficient (Wildman–Crippen LogP) is 2.91. The van der Waals surface area contributed by atoms with Crippen molar-refractivity contribution in [3.05, 3.63) is 48.2 Å².